The maximum atomic E-state index is 5.63. The van der Waals surface area contributed by atoms with Crippen LogP contribution in [0.5, 0.6) is 5.75 Å². The molecule has 4 rings (SSSR count). The minimum Gasteiger partial charge on any atom is -0.497 e. The average molecular weight is 284 g/mol. The highest BCUT2D eigenvalue weighted by atomic mass is 16.5. The number of piperidine rings is 3. The Kier molecular flexibility index (Phi) is 4.48. The third-order valence-corrected chi connectivity index (χ3v) is 4.96. The highest BCUT2D eigenvalue weighted by molar-refractivity contribution is 5.27. The summed E-state index contributed by atoms with van der Waals surface area (Å²) in [6, 6.07) is 8.92. The van der Waals surface area contributed by atoms with Crippen molar-refractivity contribution < 1.29 is 4.74 Å². The van der Waals surface area contributed by atoms with E-state index in [1.165, 1.54) is 24.9 Å². The van der Waals surface area contributed by atoms with E-state index in [9.17, 15) is 0 Å². The van der Waals surface area contributed by atoms with Gasteiger partial charge in [0.05, 0.1) is 7.11 Å². The fourth-order valence-electron chi connectivity index (χ4n) is 3.67. The van der Waals surface area contributed by atoms with Gasteiger partial charge in [0, 0.05) is 31.6 Å². The number of ether oxygens (including phenoxy) is 1. The molecule has 112 valence electrons. The third-order valence-electron chi connectivity index (χ3n) is 4.96. The normalized spacial score (nSPS) is 30.9. The Labute approximate surface area is 127 Å². The number of hydrogen-bond acceptors (Lipinski definition) is 3. The van der Waals surface area contributed by atoms with Crippen LogP contribution < -0.4 is 10.1 Å². The van der Waals surface area contributed by atoms with Crippen LogP contribution in [0.2, 0.25) is 0 Å². The third kappa shape index (κ3) is 3.23. The van der Waals surface area contributed by atoms with Crippen molar-refractivity contribution in [1.82, 2.24) is 10.2 Å². The first-order chi connectivity index (χ1) is 10.3. The zero-order valence-electron chi connectivity index (χ0n) is 12.7. The molecular weight excluding hydrogens is 260 g/mol. The van der Waals surface area contributed by atoms with Crippen LogP contribution in [-0.4, -0.2) is 37.7 Å². The Balaban J connectivity index is 1.47. The number of benzene rings is 1. The highest BCUT2D eigenvalue weighted by Gasteiger charge is 2.38. The van der Waals surface area contributed by atoms with Gasteiger partial charge < -0.3 is 10.1 Å². The molecule has 0 radical (unpaired) electrons. The lowest BCUT2D eigenvalue weighted by atomic mass is 9.76. The molecule has 3 heterocycles. The second kappa shape index (κ2) is 6.51. The van der Waals surface area contributed by atoms with Crippen LogP contribution in [-0.2, 0) is 6.54 Å². The van der Waals surface area contributed by atoms with Crippen molar-refractivity contribution >= 4 is 0 Å². The molecule has 4 atom stereocenters. The molecule has 0 amide bonds. The number of nitrogens with one attached hydrogen (secondary N) is 1. The first kappa shape index (κ1) is 14.4. The topological polar surface area (TPSA) is 24.5 Å². The Morgan fingerprint density at radius 2 is 2.19 bits per heavy atom. The van der Waals surface area contributed by atoms with Crippen LogP contribution in [0.15, 0.2) is 24.3 Å². The van der Waals surface area contributed by atoms with Gasteiger partial charge in [-0.25, -0.2) is 0 Å². The largest absolute Gasteiger partial charge is 0.497 e. The summed E-state index contributed by atoms with van der Waals surface area (Å²) in [5, 5.41) is 3.59. The Morgan fingerprint density at radius 3 is 2.81 bits per heavy atom. The van der Waals surface area contributed by atoms with Crippen LogP contribution in [0.4, 0.5) is 0 Å². The Morgan fingerprint density at radius 1 is 1.38 bits per heavy atom. The molecule has 1 unspecified atom stereocenters. The highest BCUT2D eigenvalue weighted by Crippen LogP contribution is 2.35. The summed E-state index contributed by atoms with van der Waals surface area (Å²) >= 11 is 0. The van der Waals surface area contributed by atoms with Crippen molar-refractivity contribution in [3.8, 4) is 18.1 Å². The van der Waals surface area contributed by atoms with E-state index in [0.717, 1.165) is 31.3 Å². The lowest BCUT2D eigenvalue weighted by Crippen LogP contribution is -2.55. The Bertz CT molecular complexity index is 505. The minimum atomic E-state index is 0.483. The first-order valence-corrected chi connectivity index (χ1v) is 7.84. The van der Waals surface area contributed by atoms with E-state index in [2.05, 4.69) is 28.3 Å². The van der Waals surface area contributed by atoms with Crippen molar-refractivity contribution in [2.75, 3.05) is 26.7 Å². The summed E-state index contributed by atoms with van der Waals surface area (Å²) in [6.45, 7) is 4.28. The molecule has 0 aromatic heterocycles. The molecule has 1 aromatic carbocycles. The van der Waals surface area contributed by atoms with E-state index >= 15 is 0 Å². The smallest absolute Gasteiger partial charge is 0.118 e. The summed E-state index contributed by atoms with van der Waals surface area (Å²) in [7, 11) is 1.70. The summed E-state index contributed by atoms with van der Waals surface area (Å²) in [6.07, 6.45) is 8.17. The average Bonchev–Trinajstić information content (AvgIpc) is 2.56. The molecule has 3 fully saturated rings. The van der Waals surface area contributed by atoms with E-state index in [1.54, 1.807) is 7.11 Å². The monoisotopic (exact) mass is 284 g/mol. The van der Waals surface area contributed by atoms with E-state index in [0.29, 0.717) is 12.0 Å². The zero-order chi connectivity index (χ0) is 14.7. The molecule has 3 aliphatic rings. The maximum Gasteiger partial charge on any atom is 0.118 e. The molecule has 21 heavy (non-hydrogen) atoms. The van der Waals surface area contributed by atoms with Gasteiger partial charge in [-0.15, -0.1) is 12.3 Å². The molecule has 3 saturated heterocycles. The number of nitrogens with zero attached hydrogens (tertiary/aromatic N) is 1. The van der Waals surface area contributed by atoms with Gasteiger partial charge in [0.15, 0.2) is 0 Å². The minimum absolute atomic E-state index is 0.483. The standard InChI is InChI=1S/C18H24N2O/c1-3-15-13-20-9-8-16(15)10-17(20)12-19-11-14-4-6-18(21-2)7-5-14/h1,4-7,15-17,19H,8-13H2,2H3/t15-,16-,17+/m0/s1. The first-order valence-electron chi connectivity index (χ1n) is 7.84. The fraction of sp³-hybridized carbons (Fsp3) is 0.556. The number of methoxy groups -OCH3 is 1. The maximum absolute atomic E-state index is 5.63. The molecule has 1 aromatic rings. The number of hydrogen-bond donors (Lipinski definition) is 1. The van der Waals surface area contributed by atoms with Crippen LogP contribution in [0, 0.1) is 24.2 Å². The van der Waals surface area contributed by atoms with Gasteiger partial charge in [0.2, 0.25) is 0 Å². The van der Waals surface area contributed by atoms with Crippen molar-refractivity contribution in [3.05, 3.63) is 29.8 Å². The molecule has 0 saturated carbocycles. The second-order valence-corrected chi connectivity index (χ2v) is 6.19. The van der Waals surface area contributed by atoms with Crippen LogP contribution in [0.3, 0.4) is 0 Å². The van der Waals surface area contributed by atoms with Gasteiger partial charge >= 0.3 is 0 Å². The molecule has 0 aliphatic carbocycles. The summed E-state index contributed by atoms with van der Waals surface area (Å²) in [4.78, 5) is 2.57. The van der Waals surface area contributed by atoms with Gasteiger partial charge in [-0.05, 0) is 43.0 Å². The van der Waals surface area contributed by atoms with Crippen LogP contribution in [0.25, 0.3) is 0 Å². The summed E-state index contributed by atoms with van der Waals surface area (Å²) < 4.78 is 5.18. The van der Waals surface area contributed by atoms with Gasteiger partial charge in [-0.3, -0.25) is 4.90 Å². The van der Waals surface area contributed by atoms with E-state index in [-0.39, 0.29) is 0 Å². The van der Waals surface area contributed by atoms with Crippen molar-refractivity contribution in [1.29, 1.82) is 0 Å². The van der Waals surface area contributed by atoms with Crippen molar-refractivity contribution in [3.63, 3.8) is 0 Å². The quantitative estimate of drug-likeness (QED) is 0.838. The molecule has 1 N–H and O–H groups in total. The zero-order valence-corrected chi connectivity index (χ0v) is 12.7. The van der Waals surface area contributed by atoms with E-state index in [1.807, 2.05) is 12.1 Å². The summed E-state index contributed by atoms with van der Waals surface area (Å²) in [5.74, 6) is 5.11. The van der Waals surface area contributed by atoms with E-state index < -0.39 is 0 Å². The lowest BCUT2D eigenvalue weighted by molar-refractivity contribution is 0.0227. The number of fused-ring (bicyclic) bond motifs is 3. The van der Waals surface area contributed by atoms with Crippen LogP contribution in [0.1, 0.15) is 18.4 Å². The molecule has 3 nitrogen and oxygen atoms in total. The predicted molar refractivity (Wildman–Crippen MR) is 85.1 cm³/mol. The Hall–Kier alpha value is -1.50. The molecule has 3 aliphatic heterocycles. The lowest BCUT2D eigenvalue weighted by Gasteiger charge is -2.48. The molecule has 0 spiro atoms. The van der Waals surface area contributed by atoms with Gasteiger partial charge in [-0.2, -0.15) is 0 Å². The number of rotatable bonds is 5. The molecular formula is C18H24N2O. The number of terminal acetylenes is 1. The van der Waals surface area contributed by atoms with Gasteiger partial charge in [0.1, 0.15) is 5.75 Å². The van der Waals surface area contributed by atoms with Gasteiger partial charge in [-0.1, -0.05) is 12.1 Å². The summed E-state index contributed by atoms with van der Waals surface area (Å²) in [5.41, 5.74) is 1.30. The van der Waals surface area contributed by atoms with Crippen molar-refractivity contribution in [2.24, 2.45) is 11.8 Å². The fourth-order valence-corrected chi connectivity index (χ4v) is 3.67. The van der Waals surface area contributed by atoms with Crippen molar-refractivity contribution in [2.45, 2.75) is 25.4 Å². The predicted octanol–water partition coefficient (Wildman–Crippen LogP) is 2.13. The van der Waals surface area contributed by atoms with Gasteiger partial charge in [0.25, 0.3) is 0 Å². The second-order valence-electron chi connectivity index (χ2n) is 6.19. The SMILES string of the molecule is C#C[C@H]1CN2CC[C@H]1C[C@@H]2CNCc1ccc(OC)cc1. The molecule has 2 bridgehead atoms. The van der Waals surface area contributed by atoms with E-state index in [4.69, 9.17) is 11.2 Å². The molecule has 3 heteroatoms. The van der Waals surface area contributed by atoms with Crippen LogP contribution >= 0.6 is 0 Å².